The third kappa shape index (κ3) is 4.67. The lowest BCUT2D eigenvalue weighted by molar-refractivity contribution is 0.347. The highest BCUT2D eigenvalue weighted by Gasteiger charge is 2.22. The van der Waals surface area contributed by atoms with E-state index in [1.54, 1.807) is 12.1 Å². The number of hydrogen-bond donors (Lipinski definition) is 3. The summed E-state index contributed by atoms with van der Waals surface area (Å²) in [5, 5.41) is 10.3. The number of hydrogen-bond acceptors (Lipinski definition) is 5. The minimum atomic E-state index is 0. The number of nitrogens with two attached hydrogens (primary N) is 1. The van der Waals surface area contributed by atoms with Gasteiger partial charge in [0, 0.05) is 23.7 Å². The molecule has 0 bridgehead atoms. The van der Waals surface area contributed by atoms with E-state index >= 15 is 0 Å². The van der Waals surface area contributed by atoms with Crippen LogP contribution in [0.2, 0.25) is 0 Å². The van der Waals surface area contributed by atoms with Crippen LogP contribution < -0.4 is 15.8 Å². The molecule has 0 saturated heterocycles. The second kappa shape index (κ2) is 7.94. The average molecular weight is 340 g/mol. The second-order valence-electron chi connectivity index (χ2n) is 5.21. The third-order valence-corrected chi connectivity index (χ3v) is 3.36. The summed E-state index contributed by atoms with van der Waals surface area (Å²) in [4.78, 5) is 4.40. The lowest BCUT2D eigenvalue weighted by Crippen LogP contribution is -2.10. The quantitative estimate of drug-likeness (QED) is 0.721. The summed E-state index contributed by atoms with van der Waals surface area (Å²) in [6.45, 7) is 0.285. The largest absolute Gasteiger partial charge is 0.489 e. The summed E-state index contributed by atoms with van der Waals surface area (Å²) in [7, 11) is 0. The number of nitrogens with zero attached hydrogens (tertiary/aromatic N) is 2. The predicted octanol–water partition coefficient (Wildman–Crippen LogP) is 2.66. The normalized spacial score (nSPS) is 14.3. The maximum absolute atomic E-state index is 12.4. The number of rotatable bonds is 7. The molecule has 4 N–H and O–H groups in total. The molecule has 1 aliphatic rings. The van der Waals surface area contributed by atoms with E-state index in [2.05, 4.69) is 20.5 Å². The van der Waals surface area contributed by atoms with E-state index in [-0.39, 0.29) is 25.6 Å². The maximum atomic E-state index is 12.4. The molecule has 1 saturated carbocycles. The van der Waals surface area contributed by atoms with Gasteiger partial charge in [-0.3, -0.25) is 5.10 Å². The molecule has 1 aromatic heterocycles. The number of ether oxygens (including phenoxy) is 1. The first-order chi connectivity index (χ1) is 10.8. The van der Waals surface area contributed by atoms with Crippen LogP contribution in [-0.4, -0.2) is 34.4 Å². The molecule has 2 aromatic rings. The summed E-state index contributed by atoms with van der Waals surface area (Å²) >= 11 is 0. The summed E-state index contributed by atoms with van der Waals surface area (Å²) in [6, 6.07) is 7.87. The molecule has 1 fully saturated rings. The van der Waals surface area contributed by atoms with Crippen molar-refractivity contribution in [1.29, 1.82) is 0 Å². The zero-order valence-electron chi connectivity index (χ0n) is 12.5. The van der Waals surface area contributed by atoms with Crippen LogP contribution in [0.15, 0.2) is 36.2 Å². The lowest BCUT2D eigenvalue weighted by atomic mass is 10.2. The van der Waals surface area contributed by atoms with Crippen LogP contribution >= 0.6 is 12.4 Å². The zero-order valence-corrected chi connectivity index (χ0v) is 13.3. The molecular formula is C15H19ClFN5O. The molecule has 0 spiro atoms. The van der Waals surface area contributed by atoms with Gasteiger partial charge in [-0.2, -0.15) is 4.98 Å². The van der Waals surface area contributed by atoms with Gasteiger partial charge in [0.2, 0.25) is 5.95 Å². The van der Waals surface area contributed by atoms with Crippen molar-refractivity contribution < 1.29 is 9.13 Å². The Morgan fingerprint density at radius 3 is 2.74 bits per heavy atom. The van der Waals surface area contributed by atoms with Crippen molar-refractivity contribution in [3.05, 3.63) is 36.2 Å². The Kier molecular flexibility index (Phi) is 5.95. The van der Waals surface area contributed by atoms with Crippen molar-refractivity contribution in [2.45, 2.75) is 18.9 Å². The first-order valence-electron chi connectivity index (χ1n) is 7.19. The second-order valence-corrected chi connectivity index (χ2v) is 5.21. The molecule has 0 unspecified atom stereocenters. The van der Waals surface area contributed by atoms with Crippen LogP contribution in [-0.2, 0) is 0 Å². The number of H-pyrrole nitrogens is 1. The average Bonchev–Trinajstić information content (AvgIpc) is 3.24. The fourth-order valence-corrected chi connectivity index (χ4v) is 1.89. The molecule has 0 atom stereocenters. The minimum Gasteiger partial charge on any atom is -0.489 e. The molecule has 1 aliphatic carbocycles. The maximum Gasteiger partial charge on any atom is 0.242 e. The Hall–Kier alpha value is -2.12. The highest BCUT2D eigenvalue weighted by molar-refractivity contribution is 5.85. The predicted molar refractivity (Wildman–Crippen MR) is 89.5 cm³/mol. The number of halogens is 2. The van der Waals surface area contributed by atoms with E-state index in [0.29, 0.717) is 35.5 Å². The summed E-state index contributed by atoms with van der Waals surface area (Å²) < 4.78 is 17.9. The topological polar surface area (TPSA) is 88.8 Å². The number of nitrogens with one attached hydrogen (secondary N) is 2. The number of aromatic amines is 1. The highest BCUT2D eigenvalue weighted by Crippen LogP contribution is 2.24. The van der Waals surface area contributed by atoms with Gasteiger partial charge in [0.25, 0.3) is 0 Å². The van der Waals surface area contributed by atoms with E-state index in [1.807, 2.05) is 12.1 Å². The lowest BCUT2D eigenvalue weighted by Gasteiger charge is -2.07. The van der Waals surface area contributed by atoms with Crippen LogP contribution in [0.25, 0.3) is 11.4 Å². The van der Waals surface area contributed by atoms with Crippen LogP contribution in [0, 0.1) is 0 Å². The molecular weight excluding hydrogens is 321 g/mol. The van der Waals surface area contributed by atoms with Crippen LogP contribution in [0.1, 0.15) is 12.8 Å². The van der Waals surface area contributed by atoms with E-state index in [9.17, 15) is 4.39 Å². The molecule has 3 rings (SSSR count). The minimum absolute atomic E-state index is 0. The number of aromatic nitrogens is 3. The Bertz CT molecular complexity index is 654. The fraction of sp³-hybridized carbons (Fsp3) is 0.333. The van der Waals surface area contributed by atoms with Gasteiger partial charge >= 0.3 is 0 Å². The molecule has 0 aliphatic heterocycles. The van der Waals surface area contributed by atoms with Crippen molar-refractivity contribution in [2.75, 3.05) is 18.5 Å². The van der Waals surface area contributed by atoms with Gasteiger partial charge in [0.15, 0.2) is 5.82 Å². The van der Waals surface area contributed by atoms with E-state index in [4.69, 9.17) is 10.5 Å². The molecule has 1 aromatic carbocycles. The van der Waals surface area contributed by atoms with Crippen LogP contribution in [0.4, 0.5) is 10.3 Å². The number of anilines is 1. The van der Waals surface area contributed by atoms with Crippen LogP contribution in [0.3, 0.4) is 0 Å². The molecule has 6 nitrogen and oxygen atoms in total. The monoisotopic (exact) mass is 339 g/mol. The van der Waals surface area contributed by atoms with Crippen LogP contribution in [0.5, 0.6) is 5.75 Å². The number of benzene rings is 1. The summed E-state index contributed by atoms with van der Waals surface area (Å²) in [5.74, 6) is 1.96. The van der Waals surface area contributed by atoms with E-state index in [0.717, 1.165) is 5.56 Å². The van der Waals surface area contributed by atoms with Crippen molar-refractivity contribution in [3.8, 4) is 17.1 Å². The first kappa shape index (κ1) is 17.2. The van der Waals surface area contributed by atoms with E-state index < -0.39 is 0 Å². The molecule has 0 amide bonds. The molecule has 1 heterocycles. The van der Waals surface area contributed by atoms with E-state index in [1.165, 1.54) is 12.8 Å². The summed E-state index contributed by atoms with van der Waals surface area (Å²) in [6.07, 6.45) is 2.83. The Morgan fingerprint density at radius 1 is 1.39 bits per heavy atom. The smallest absolute Gasteiger partial charge is 0.242 e. The molecule has 8 heteroatoms. The van der Waals surface area contributed by atoms with Gasteiger partial charge < -0.3 is 15.8 Å². The SMILES string of the molecule is Cl.NC/C(=C\F)COc1ccc(-c2nc(NC3CC3)n[nH]2)cc1. The molecule has 23 heavy (non-hydrogen) atoms. The van der Waals surface area contributed by atoms with Crippen molar-refractivity contribution in [1.82, 2.24) is 15.2 Å². The van der Waals surface area contributed by atoms with Gasteiger partial charge in [0.05, 0.1) is 6.33 Å². The van der Waals surface area contributed by atoms with Gasteiger partial charge in [-0.05, 0) is 37.1 Å². The van der Waals surface area contributed by atoms with Gasteiger partial charge in [-0.15, -0.1) is 17.5 Å². The van der Waals surface area contributed by atoms with Gasteiger partial charge in [-0.25, -0.2) is 4.39 Å². The fourth-order valence-electron chi connectivity index (χ4n) is 1.89. The molecule has 0 radical (unpaired) electrons. The standard InChI is InChI=1S/C15H18FN5O.ClH/c16-7-10(8-17)9-22-13-5-1-11(2-6-13)14-19-15(21-20-14)18-12-3-4-12;/h1-2,5-7,12H,3-4,8-9,17H2,(H2,18,19,20,21);1H/b10-7+;. The van der Waals surface area contributed by atoms with Crippen molar-refractivity contribution >= 4 is 18.4 Å². The van der Waals surface area contributed by atoms with Crippen molar-refractivity contribution in [2.24, 2.45) is 5.73 Å². The third-order valence-electron chi connectivity index (χ3n) is 3.36. The highest BCUT2D eigenvalue weighted by atomic mass is 35.5. The first-order valence-corrected chi connectivity index (χ1v) is 7.19. The van der Waals surface area contributed by atoms with Crippen molar-refractivity contribution in [3.63, 3.8) is 0 Å². The van der Waals surface area contributed by atoms with Gasteiger partial charge in [-0.1, -0.05) is 0 Å². The summed E-state index contributed by atoms with van der Waals surface area (Å²) in [5.41, 5.74) is 6.69. The van der Waals surface area contributed by atoms with Gasteiger partial charge in [0.1, 0.15) is 12.4 Å². The Morgan fingerprint density at radius 2 is 2.13 bits per heavy atom. The Labute approximate surface area is 139 Å². The molecule has 124 valence electrons. The Balaban J connectivity index is 0.00000192. The zero-order chi connectivity index (χ0) is 15.4.